The summed E-state index contributed by atoms with van der Waals surface area (Å²) in [4.78, 5) is 10.2. The van der Waals surface area contributed by atoms with Gasteiger partial charge in [-0.1, -0.05) is 0 Å². The fourth-order valence-electron chi connectivity index (χ4n) is 1.20. The van der Waals surface area contributed by atoms with Crippen LogP contribution in [-0.4, -0.2) is 21.8 Å². The monoisotopic (exact) mass is 259 g/mol. The number of benzene rings is 1. The molecule has 0 saturated heterocycles. The molecule has 1 aromatic rings. The number of rotatable bonds is 3. The van der Waals surface area contributed by atoms with E-state index in [1.54, 1.807) is 6.07 Å². The molecule has 0 bridgehead atoms. The van der Waals surface area contributed by atoms with Gasteiger partial charge in [-0.15, -0.1) is 0 Å². The molecule has 5 nitrogen and oxygen atoms in total. The Bertz CT molecular complexity index is 574. The SMILES string of the molecule is COc1ccc(C=O)c(C#N)c1S(=O)(=O)Cl. The molecule has 0 amide bonds. The van der Waals surface area contributed by atoms with E-state index in [1.807, 2.05) is 0 Å². The average molecular weight is 260 g/mol. The average Bonchev–Trinajstić information content (AvgIpc) is 2.25. The zero-order valence-corrected chi connectivity index (χ0v) is 9.67. The molecule has 7 heteroatoms. The highest BCUT2D eigenvalue weighted by Gasteiger charge is 2.24. The molecule has 0 radical (unpaired) electrons. The van der Waals surface area contributed by atoms with E-state index in [9.17, 15) is 13.2 Å². The van der Waals surface area contributed by atoms with Crippen molar-refractivity contribution in [2.45, 2.75) is 4.90 Å². The third-order valence-corrected chi connectivity index (χ3v) is 3.21. The third-order valence-electron chi connectivity index (χ3n) is 1.86. The summed E-state index contributed by atoms with van der Waals surface area (Å²) in [5.74, 6) is -0.0721. The lowest BCUT2D eigenvalue weighted by atomic mass is 10.1. The second-order valence-electron chi connectivity index (χ2n) is 2.73. The van der Waals surface area contributed by atoms with Gasteiger partial charge in [0.2, 0.25) is 0 Å². The van der Waals surface area contributed by atoms with Gasteiger partial charge in [-0.05, 0) is 12.1 Å². The number of carbonyl (C=O) groups excluding carboxylic acids is 1. The van der Waals surface area contributed by atoms with E-state index in [1.165, 1.54) is 19.2 Å². The summed E-state index contributed by atoms with van der Waals surface area (Å²) in [5, 5.41) is 8.83. The van der Waals surface area contributed by atoms with Crippen LogP contribution in [0.25, 0.3) is 0 Å². The Morgan fingerprint density at radius 1 is 1.50 bits per heavy atom. The second-order valence-corrected chi connectivity index (χ2v) is 5.23. The van der Waals surface area contributed by atoms with Gasteiger partial charge in [0.25, 0.3) is 9.05 Å². The second kappa shape index (κ2) is 4.51. The van der Waals surface area contributed by atoms with Crippen LogP contribution in [0, 0.1) is 11.3 Å². The molecule has 0 aliphatic rings. The Morgan fingerprint density at radius 3 is 2.50 bits per heavy atom. The lowest BCUT2D eigenvalue weighted by molar-refractivity contribution is 0.112. The summed E-state index contributed by atoms with van der Waals surface area (Å²) in [7, 11) is 2.26. The topological polar surface area (TPSA) is 84.2 Å². The standard InChI is InChI=1S/C9H6ClNO4S/c1-15-8-3-2-6(5-12)7(4-11)9(8)16(10,13)14/h2-3,5H,1H3. The molecule has 1 aromatic carbocycles. The lowest BCUT2D eigenvalue weighted by Crippen LogP contribution is -2.02. The summed E-state index contributed by atoms with van der Waals surface area (Å²) in [6.07, 6.45) is 0.379. The highest BCUT2D eigenvalue weighted by molar-refractivity contribution is 8.13. The number of nitriles is 1. The van der Waals surface area contributed by atoms with Crippen LogP contribution in [-0.2, 0) is 9.05 Å². The van der Waals surface area contributed by atoms with Crippen molar-refractivity contribution in [3.8, 4) is 11.8 Å². The predicted molar refractivity (Wildman–Crippen MR) is 56.1 cm³/mol. The molecule has 0 aliphatic heterocycles. The maximum absolute atomic E-state index is 11.3. The molecule has 0 aromatic heterocycles. The van der Waals surface area contributed by atoms with Gasteiger partial charge < -0.3 is 4.74 Å². The van der Waals surface area contributed by atoms with Crippen molar-refractivity contribution >= 4 is 26.0 Å². The summed E-state index contributed by atoms with van der Waals surface area (Å²) in [6.45, 7) is 0. The van der Waals surface area contributed by atoms with Crippen LogP contribution >= 0.6 is 10.7 Å². The summed E-state index contributed by atoms with van der Waals surface area (Å²) < 4.78 is 27.3. The van der Waals surface area contributed by atoms with E-state index in [0.717, 1.165) is 0 Å². The van der Waals surface area contributed by atoms with Crippen LogP contribution in [0.2, 0.25) is 0 Å². The largest absolute Gasteiger partial charge is 0.495 e. The number of methoxy groups -OCH3 is 1. The quantitative estimate of drug-likeness (QED) is 0.603. The van der Waals surface area contributed by atoms with Gasteiger partial charge in [-0.3, -0.25) is 4.79 Å². The molecule has 0 heterocycles. The molecular formula is C9H6ClNO4S. The first-order valence-corrected chi connectivity index (χ1v) is 6.27. The Hall–Kier alpha value is -1.58. The van der Waals surface area contributed by atoms with E-state index < -0.39 is 13.9 Å². The Morgan fingerprint density at radius 2 is 2.12 bits per heavy atom. The highest BCUT2D eigenvalue weighted by atomic mass is 35.7. The smallest absolute Gasteiger partial charge is 0.266 e. The lowest BCUT2D eigenvalue weighted by Gasteiger charge is -2.08. The number of ether oxygens (including phenoxy) is 1. The van der Waals surface area contributed by atoms with E-state index in [-0.39, 0.29) is 16.9 Å². The van der Waals surface area contributed by atoms with Crippen molar-refractivity contribution in [2.75, 3.05) is 7.11 Å². The molecular weight excluding hydrogens is 254 g/mol. The van der Waals surface area contributed by atoms with Gasteiger partial charge in [0.05, 0.1) is 12.7 Å². The first-order chi connectivity index (χ1) is 7.45. The van der Waals surface area contributed by atoms with Gasteiger partial charge >= 0.3 is 0 Å². The van der Waals surface area contributed by atoms with Crippen LogP contribution in [0.3, 0.4) is 0 Å². The molecule has 84 valence electrons. The number of nitrogens with zero attached hydrogens (tertiary/aromatic N) is 1. The molecule has 0 fully saturated rings. The van der Waals surface area contributed by atoms with Gasteiger partial charge in [0.1, 0.15) is 16.7 Å². The fourth-order valence-corrected chi connectivity index (χ4v) is 2.45. The minimum Gasteiger partial charge on any atom is -0.495 e. The Labute approximate surface area is 96.6 Å². The van der Waals surface area contributed by atoms with Crippen LogP contribution in [0.15, 0.2) is 17.0 Å². The van der Waals surface area contributed by atoms with E-state index in [2.05, 4.69) is 0 Å². The highest BCUT2D eigenvalue weighted by Crippen LogP contribution is 2.31. The van der Waals surface area contributed by atoms with Crippen LogP contribution in [0.5, 0.6) is 5.75 Å². The van der Waals surface area contributed by atoms with Crippen molar-refractivity contribution in [3.63, 3.8) is 0 Å². The predicted octanol–water partition coefficient (Wildman–Crippen LogP) is 1.31. The number of carbonyl (C=O) groups is 1. The van der Waals surface area contributed by atoms with Crippen molar-refractivity contribution in [1.29, 1.82) is 5.26 Å². The first kappa shape index (κ1) is 12.5. The number of halogens is 1. The maximum Gasteiger partial charge on any atom is 0.266 e. The van der Waals surface area contributed by atoms with Crippen LogP contribution < -0.4 is 4.74 Å². The maximum atomic E-state index is 11.3. The zero-order chi connectivity index (χ0) is 12.3. The van der Waals surface area contributed by atoms with E-state index >= 15 is 0 Å². The molecule has 0 unspecified atom stereocenters. The summed E-state index contributed by atoms with van der Waals surface area (Å²) in [5.41, 5.74) is -0.369. The van der Waals surface area contributed by atoms with Crippen molar-refractivity contribution in [3.05, 3.63) is 23.3 Å². The minimum atomic E-state index is -4.16. The molecule has 16 heavy (non-hydrogen) atoms. The first-order valence-electron chi connectivity index (χ1n) is 3.96. The molecule has 1 rings (SSSR count). The third kappa shape index (κ3) is 2.15. The van der Waals surface area contributed by atoms with Gasteiger partial charge in [-0.25, -0.2) is 8.42 Å². The van der Waals surface area contributed by atoms with E-state index in [0.29, 0.717) is 6.29 Å². The molecule has 0 atom stereocenters. The Kier molecular flexibility index (Phi) is 3.52. The van der Waals surface area contributed by atoms with E-state index in [4.69, 9.17) is 20.7 Å². The minimum absolute atomic E-state index is 0.0532. The number of hydrogen-bond acceptors (Lipinski definition) is 5. The molecule has 0 saturated carbocycles. The van der Waals surface area contributed by atoms with Gasteiger partial charge in [0.15, 0.2) is 6.29 Å². The van der Waals surface area contributed by atoms with Gasteiger partial charge in [0, 0.05) is 16.2 Å². The number of aldehydes is 1. The van der Waals surface area contributed by atoms with Crippen molar-refractivity contribution < 1.29 is 17.9 Å². The molecule has 0 spiro atoms. The van der Waals surface area contributed by atoms with Crippen LogP contribution in [0.1, 0.15) is 15.9 Å². The van der Waals surface area contributed by atoms with Crippen molar-refractivity contribution in [1.82, 2.24) is 0 Å². The zero-order valence-electron chi connectivity index (χ0n) is 8.10. The van der Waals surface area contributed by atoms with Crippen molar-refractivity contribution in [2.24, 2.45) is 0 Å². The van der Waals surface area contributed by atoms with Gasteiger partial charge in [-0.2, -0.15) is 5.26 Å². The number of hydrogen-bond donors (Lipinski definition) is 0. The molecule has 0 aliphatic carbocycles. The fraction of sp³-hybridized carbons (Fsp3) is 0.111. The molecule has 0 N–H and O–H groups in total. The summed E-state index contributed by atoms with van der Waals surface area (Å²) >= 11 is 0. The Balaban J connectivity index is 3.79. The normalized spacial score (nSPS) is 10.6. The summed E-state index contributed by atoms with van der Waals surface area (Å²) in [6, 6.07) is 4.17. The van der Waals surface area contributed by atoms with Crippen LogP contribution in [0.4, 0.5) is 0 Å².